The topological polar surface area (TPSA) is 0 Å². The van der Waals surface area contributed by atoms with Crippen molar-refractivity contribution < 1.29 is 35.9 Å². The number of nitrogens with zero attached hydrogens (tertiary/aromatic N) is 8. The van der Waals surface area contributed by atoms with Gasteiger partial charge in [0.2, 0.25) is 0 Å². The standard InChI is InChI=1S/C19H42N.C18H40N.C17H38N.C16H36N.C15H34N.C14H32N.C13H30N.C12H28N/c1-6-7-8-9-10-11-12-14-17-20(4,5)18-15-13-16-19(2)3;1-6-7-8-9-10-11-13-16-19(4,5)17-14-12-15-18(2)3;1-6-7-8-9-10-12-15-18(4,5)16-13-11-14-17(2)3;1-6-7-8-9-11-14-17(4,5)15-12-10-13-16(2)3;1-6-7-8-10-13-16(4,5)14-11-9-12-15(2)3;1-6-7-9-12-15(4,5)13-10-8-11-14(2)3;1-6-7-11-14(4,5)12-9-8-10-13(2)3;1-6-10-13(4,5)11-8-7-9-12(2)3/h19H,6-18H2,1-5H3;18H,6-17H2,1-5H3;17H,6-16H2,1-5H3;16H,6-15H2,1-5H3;15H,6-14H2,1-5H3;14H,6-13H2,1-5H3;13H,6-12H2,1-5H3;12H,6-11H2,1-5H3/q8*+1. The van der Waals surface area contributed by atoms with Crippen LogP contribution in [0.1, 0.15) is 551 Å². The fraction of sp³-hybridized carbons (Fsp3) is 1.00. The highest BCUT2D eigenvalue weighted by atomic mass is 15.3. The lowest BCUT2D eigenvalue weighted by Crippen LogP contribution is -2.41. The van der Waals surface area contributed by atoms with Crippen LogP contribution in [0.2, 0.25) is 0 Å². The van der Waals surface area contributed by atoms with E-state index in [2.05, 4.69) is 279 Å². The molecule has 0 aromatic rings. The third-order valence-electron chi connectivity index (χ3n) is 28.3. The van der Waals surface area contributed by atoms with E-state index in [1.165, 1.54) is 526 Å². The quantitative estimate of drug-likeness (QED) is 0.0421. The van der Waals surface area contributed by atoms with Gasteiger partial charge in [-0.2, -0.15) is 0 Å². The maximum absolute atomic E-state index is 2.41. The van der Waals surface area contributed by atoms with Crippen LogP contribution in [0.15, 0.2) is 0 Å². The zero-order valence-electron chi connectivity index (χ0n) is 102. The van der Waals surface area contributed by atoms with Crippen LogP contribution < -0.4 is 0 Å². The van der Waals surface area contributed by atoms with Crippen LogP contribution in [-0.4, -0.2) is 253 Å². The zero-order valence-corrected chi connectivity index (χ0v) is 102. The minimum absolute atomic E-state index is 0.873. The first-order valence-corrected chi connectivity index (χ1v) is 60.4. The molecule has 0 aliphatic carbocycles. The molecule has 0 heterocycles. The van der Waals surface area contributed by atoms with Crippen molar-refractivity contribution in [1.82, 2.24) is 0 Å². The summed E-state index contributed by atoms with van der Waals surface area (Å²) in [7, 11) is 38.2. The first kappa shape index (κ1) is 147. The summed E-state index contributed by atoms with van der Waals surface area (Å²) in [5.74, 6) is 7.00. The molecule has 0 aliphatic heterocycles. The Hall–Kier alpha value is -0.320. The van der Waals surface area contributed by atoms with Crippen molar-refractivity contribution in [3.05, 3.63) is 0 Å². The van der Waals surface area contributed by atoms with E-state index >= 15 is 0 Å². The van der Waals surface area contributed by atoms with E-state index in [0.29, 0.717) is 0 Å². The van der Waals surface area contributed by atoms with Crippen LogP contribution in [0.5, 0.6) is 0 Å². The summed E-state index contributed by atoms with van der Waals surface area (Å²) in [5, 5.41) is 0. The van der Waals surface area contributed by atoms with Crippen molar-refractivity contribution in [1.29, 1.82) is 0 Å². The van der Waals surface area contributed by atoms with E-state index in [0.717, 1.165) is 47.3 Å². The molecule has 808 valence electrons. The van der Waals surface area contributed by atoms with Gasteiger partial charge in [-0.1, -0.05) is 359 Å². The molecule has 0 aromatic heterocycles. The monoisotopic (exact) mass is 1880 g/mol. The van der Waals surface area contributed by atoms with Gasteiger partial charge >= 0.3 is 0 Å². The Kier molecular flexibility index (Phi) is 112. The molecule has 0 saturated heterocycles. The third-order valence-corrected chi connectivity index (χ3v) is 28.3. The first-order valence-electron chi connectivity index (χ1n) is 60.4. The van der Waals surface area contributed by atoms with Crippen molar-refractivity contribution in [3.8, 4) is 0 Å². The predicted molar refractivity (Wildman–Crippen MR) is 616 cm³/mol. The molecule has 0 unspecified atom stereocenters. The Balaban J connectivity index is -0.000000223. The Morgan fingerprint density at radius 3 is 0.318 bits per heavy atom. The van der Waals surface area contributed by atoms with Gasteiger partial charge in [0.05, 0.1) is 217 Å². The van der Waals surface area contributed by atoms with Crippen LogP contribution in [0.4, 0.5) is 0 Å². The Morgan fingerprint density at radius 1 is 0.0985 bits per heavy atom. The number of quaternary nitrogens is 8. The zero-order chi connectivity index (χ0) is 102. The highest BCUT2D eigenvalue weighted by Crippen LogP contribution is 2.21. The van der Waals surface area contributed by atoms with E-state index < -0.39 is 0 Å². The van der Waals surface area contributed by atoms with Crippen molar-refractivity contribution >= 4 is 0 Å². The van der Waals surface area contributed by atoms with Gasteiger partial charge in [-0.25, -0.2) is 0 Å². The average molecular weight is 1880 g/mol. The average Bonchev–Trinajstić information content (AvgIpc) is 0.969. The third kappa shape index (κ3) is 140. The molecular formula is C124H280N8+8. The largest absolute Gasteiger partial charge is 0.328 e. The lowest BCUT2D eigenvalue weighted by Gasteiger charge is -2.30. The van der Waals surface area contributed by atoms with Crippen LogP contribution in [0.3, 0.4) is 0 Å². The maximum atomic E-state index is 2.41. The van der Waals surface area contributed by atoms with Crippen LogP contribution >= 0.6 is 0 Å². The second-order valence-corrected chi connectivity index (χ2v) is 52.1. The van der Waals surface area contributed by atoms with Gasteiger partial charge in [0.25, 0.3) is 0 Å². The molecule has 0 rings (SSSR count). The second-order valence-electron chi connectivity index (χ2n) is 52.1. The summed E-state index contributed by atoms with van der Waals surface area (Å²) in [6.45, 7) is 77.2. The number of rotatable bonds is 84. The fourth-order valence-corrected chi connectivity index (χ4v) is 18.2. The van der Waals surface area contributed by atoms with Crippen molar-refractivity contribution in [3.63, 3.8) is 0 Å². The maximum Gasteiger partial charge on any atom is 0.0782 e. The molecule has 0 amide bonds. The summed E-state index contributed by atoms with van der Waals surface area (Å²) in [4.78, 5) is 0. The molecule has 0 atom stereocenters. The molecule has 8 heteroatoms. The predicted octanol–water partition coefficient (Wildman–Crippen LogP) is 37.3. The smallest absolute Gasteiger partial charge is 0.0782 e. The van der Waals surface area contributed by atoms with E-state index in [1.807, 2.05) is 0 Å². The molecule has 0 aliphatic rings. The Labute approximate surface area is 846 Å². The van der Waals surface area contributed by atoms with Crippen molar-refractivity contribution in [2.45, 2.75) is 551 Å². The molecule has 0 spiro atoms. The number of hydrogen-bond donors (Lipinski definition) is 0. The molecule has 0 bridgehead atoms. The van der Waals surface area contributed by atoms with Crippen molar-refractivity contribution in [2.24, 2.45) is 47.3 Å². The van der Waals surface area contributed by atoms with E-state index in [4.69, 9.17) is 0 Å². The normalized spacial score (nSPS) is 12.4. The minimum atomic E-state index is 0.873. The van der Waals surface area contributed by atoms with Gasteiger partial charge in [-0.3, -0.25) is 0 Å². The molecule has 0 aromatic carbocycles. The van der Waals surface area contributed by atoms with Gasteiger partial charge in [0.15, 0.2) is 0 Å². The molecule has 0 fully saturated rings. The fourth-order valence-electron chi connectivity index (χ4n) is 18.2. The van der Waals surface area contributed by atoms with Gasteiger partial charge in [0, 0.05) is 0 Å². The minimum Gasteiger partial charge on any atom is -0.328 e. The molecular weight excluding hydrogens is 1600 g/mol. The number of unbranched alkanes of at least 4 members (excludes halogenated alkanes) is 36. The summed E-state index contributed by atoms with van der Waals surface area (Å²) < 4.78 is 9.78. The molecule has 132 heavy (non-hydrogen) atoms. The summed E-state index contributed by atoms with van der Waals surface area (Å²) in [6.07, 6.45) is 84.5. The number of hydrogen-bond acceptors (Lipinski definition) is 0. The second kappa shape index (κ2) is 101. The van der Waals surface area contributed by atoms with Gasteiger partial charge in [0.1, 0.15) is 0 Å². The summed E-state index contributed by atoms with van der Waals surface area (Å²) >= 11 is 0. The van der Waals surface area contributed by atoms with Gasteiger partial charge < -0.3 is 35.9 Å². The highest BCUT2D eigenvalue weighted by molar-refractivity contribution is 4.57. The molecule has 8 nitrogen and oxygen atoms in total. The Bertz CT molecular complexity index is 2130. The summed E-state index contributed by atoms with van der Waals surface area (Å²) in [5.41, 5.74) is 0. The molecule has 0 saturated carbocycles. The lowest BCUT2D eigenvalue weighted by atomic mass is 10.1. The van der Waals surface area contributed by atoms with Crippen LogP contribution in [0.25, 0.3) is 0 Å². The summed E-state index contributed by atoms with van der Waals surface area (Å²) in [6, 6.07) is 0. The van der Waals surface area contributed by atoms with E-state index in [-0.39, 0.29) is 0 Å². The van der Waals surface area contributed by atoms with Crippen LogP contribution in [0, 0.1) is 47.3 Å². The highest BCUT2D eigenvalue weighted by Gasteiger charge is 2.21. The molecule has 0 radical (unpaired) electrons. The van der Waals surface area contributed by atoms with Crippen molar-refractivity contribution in [2.75, 3.05) is 217 Å². The van der Waals surface area contributed by atoms with E-state index in [1.54, 1.807) is 0 Å². The van der Waals surface area contributed by atoms with Gasteiger partial charge in [-0.15, -0.1) is 0 Å². The lowest BCUT2D eigenvalue weighted by molar-refractivity contribution is -0.890. The first-order chi connectivity index (χ1) is 61.8. The molecule has 0 N–H and O–H groups in total. The van der Waals surface area contributed by atoms with Crippen LogP contribution in [-0.2, 0) is 0 Å². The van der Waals surface area contributed by atoms with E-state index in [9.17, 15) is 0 Å². The van der Waals surface area contributed by atoms with Gasteiger partial charge in [-0.05, 0) is 240 Å². The Morgan fingerprint density at radius 2 is 0.189 bits per heavy atom. The SMILES string of the molecule is CCCCCCCCCC[N+](C)(C)CCCCC(C)C.CCCCCCCCC[N+](C)(C)CCCCC(C)C.CCCCCCCC[N+](C)(C)CCCCC(C)C.CCCCCCC[N+](C)(C)CCCCC(C)C.CCCCCC[N+](C)(C)CCCCC(C)C.CCCCC[N+](C)(C)CCCCC(C)C.CCCC[N+](C)(C)CCCCC(C)C.CCC[N+](C)(C)CCCCC(C)C.